The van der Waals surface area contributed by atoms with Gasteiger partial charge in [0, 0.05) is 56.4 Å². The van der Waals surface area contributed by atoms with Crippen LogP contribution in [0.3, 0.4) is 0 Å². The first-order chi connectivity index (χ1) is 12.6. The van der Waals surface area contributed by atoms with Gasteiger partial charge in [-0.1, -0.05) is 0 Å². The van der Waals surface area contributed by atoms with Crippen molar-refractivity contribution in [2.75, 3.05) is 26.2 Å². The molecule has 26 heavy (non-hydrogen) atoms. The topological polar surface area (TPSA) is 55.2 Å². The molecule has 0 amide bonds. The van der Waals surface area contributed by atoms with E-state index in [9.17, 15) is 0 Å². The van der Waals surface area contributed by atoms with Gasteiger partial charge in [-0.2, -0.15) is 5.10 Å². The summed E-state index contributed by atoms with van der Waals surface area (Å²) in [6.07, 6.45) is 8.84. The summed E-state index contributed by atoms with van der Waals surface area (Å²) < 4.78 is 7.68. The molecule has 3 heterocycles. The van der Waals surface area contributed by atoms with Gasteiger partial charge in [-0.3, -0.25) is 14.6 Å². The fraction of sp³-hybridized carbons (Fsp3) is 0.600. The van der Waals surface area contributed by atoms with Crippen molar-refractivity contribution in [3.05, 3.63) is 36.3 Å². The van der Waals surface area contributed by atoms with Gasteiger partial charge < -0.3 is 10.1 Å². The van der Waals surface area contributed by atoms with E-state index in [4.69, 9.17) is 4.74 Å². The number of aromatic nitrogens is 3. The Morgan fingerprint density at radius 1 is 1.15 bits per heavy atom. The Morgan fingerprint density at radius 2 is 1.88 bits per heavy atom. The zero-order valence-corrected chi connectivity index (χ0v) is 16.2. The molecule has 1 saturated heterocycles. The molecule has 1 N–H and O–H groups in total. The highest BCUT2D eigenvalue weighted by atomic mass is 16.5. The molecule has 6 nitrogen and oxygen atoms in total. The molecular formula is C20H31N5O. The lowest BCUT2D eigenvalue weighted by Gasteiger charge is -2.35. The molecule has 0 radical (unpaired) electrons. The van der Waals surface area contributed by atoms with Crippen LogP contribution in [0.15, 0.2) is 30.7 Å². The third kappa shape index (κ3) is 5.37. The number of hydrogen-bond donors (Lipinski definition) is 1. The van der Waals surface area contributed by atoms with E-state index in [0.29, 0.717) is 12.2 Å². The van der Waals surface area contributed by atoms with Gasteiger partial charge in [0.05, 0.1) is 17.9 Å². The maximum absolute atomic E-state index is 5.79. The highest BCUT2D eigenvalue weighted by Crippen LogP contribution is 2.20. The molecule has 0 saturated carbocycles. The maximum Gasteiger partial charge on any atom is 0.0969 e. The SMILES string of the molecule is C[C@H]1CN(CCCCNCc2cn(C)nc2-c2ccncc2)C[C@H](C)O1. The minimum absolute atomic E-state index is 0.356. The predicted octanol–water partition coefficient (Wildman–Crippen LogP) is 2.46. The van der Waals surface area contributed by atoms with Gasteiger partial charge in [-0.25, -0.2) is 0 Å². The summed E-state index contributed by atoms with van der Waals surface area (Å²) >= 11 is 0. The predicted molar refractivity (Wildman–Crippen MR) is 104 cm³/mol. The van der Waals surface area contributed by atoms with E-state index < -0.39 is 0 Å². The van der Waals surface area contributed by atoms with E-state index in [2.05, 4.69) is 40.3 Å². The van der Waals surface area contributed by atoms with Crippen LogP contribution in [-0.4, -0.2) is 58.1 Å². The van der Waals surface area contributed by atoms with E-state index in [-0.39, 0.29) is 0 Å². The smallest absolute Gasteiger partial charge is 0.0969 e. The molecule has 1 aliphatic rings. The van der Waals surface area contributed by atoms with Gasteiger partial charge in [-0.15, -0.1) is 0 Å². The van der Waals surface area contributed by atoms with E-state index in [1.54, 1.807) is 0 Å². The second-order valence-corrected chi connectivity index (χ2v) is 7.31. The van der Waals surface area contributed by atoms with E-state index in [1.165, 1.54) is 18.4 Å². The lowest BCUT2D eigenvalue weighted by atomic mass is 10.1. The summed E-state index contributed by atoms with van der Waals surface area (Å²) in [6.45, 7) is 9.48. The highest BCUT2D eigenvalue weighted by Gasteiger charge is 2.21. The summed E-state index contributed by atoms with van der Waals surface area (Å²) in [7, 11) is 1.97. The van der Waals surface area contributed by atoms with Crippen LogP contribution >= 0.6 is 0 Å². The fourth-order valence-corrected chi connectivity index (χ4v) is 3.70. The molecule has 0 aromatic carbocycles. The van der Waals surface area contributed by atoms with Gasteiger partial charge in [0.1, 0.15) is 0 Å². The average Bonchev–Trinajstić information content (AvgIpc) is 2.98. The molecule has 2 atom stereocenters. The second-order valence-electron chi connectivity index (χ2n) is 7.31. The number of aryl methyl sites for hydroxylation is 1. The number of ether oxygens (including phenoxy) is 1. The standard InChI is InChI=1S/C20H31N5O/c1-16-13-25(14-17(2)26-16)11-5-4-8-22-12-19-15-24(3)23-20(19)18-6-9-21-10-7-18/h6-7,9-10,15-17,22H,4-5,8,11-14H2,1-3H3/t16-,17-/m0/s1. The molecular weight excluding hydrogens is 326 g/mol. The Morgan fingerprint density at radius 3 is 2.62 bits per heavy atom. The highest BCUT2D eigenvalue weighted by molar-refractivity contribution is 5.61. The lowest BCUT2D eigenvalue weighted by Crippen LogP contribution is -2.45. The Balaban J connectivity index is 1.39. The number of rotatable bonds is 8. The first-order valence-electron chi connectivity index (χ1n) is 9.63. The molecule has 3 rings (SSSR count). The van der Waals surface area contributed by atoms with Crippen LogP contribution in [-0.2, 0) is 18.3 Å². The number of nitrogens with one attached hydrogen (secondary N) is 1. The lowest BCUT2D eigenvalue weighted by molar-refractivity contribution is -0.0681. The minimum atomic E-state index is 0.356. The molecule has 142 valence electrons. The number of morpholine rings is 1. The summed E-state index contributed by atoms with van der Waals surface area (Å²) in [5.74, 6) is 0. The van der Waals surface area contributed by atoms with Crippen molar-refractivity contribution in [1.29, 1.82) is 0 Å². The summed E-state index contributed by atoms with van der Waals surface area (Å²) in [5.41, 5.74) is 3.39. The molecule has 0 aliphatic carbocycles. The van der Waals surface area contributed by atoms with Gasteiger partial charge in [0.15, 0.2) is 0 Å². The van der Waals surface area contributed by atoms with Crippen molar-refractivity contribution in [1.82, 2.24) is 25.0 Å². The molecule has 0 unspecified atom stereocenters. The normalized spacial score (nSPS) is 21.2. The van der Waals surface area contributed by atoms with Crippen molar-refractivity contribution >= 4 is 0 Å². The number of unbranched alkanes of at least 4 members (excludes halogenated alkanes) is 1. The monoisotopic (exact) mass is 357 g/mol. The third-order valence-electron chi connectivity index (χ3n) is 4.75. The van der Waals surface area contributed by atoms with Crippen LogP contribution in [0, 0.1) is 0 Å². The zero-order valence-electron chi connectivity index (χ0n) is 16.2. The van der Waals surface area contributed by atoms with Gasteiger partial charge in [0.25, 0.3) is 0 Å². The molecule has 0 bridgehead atoms. The van der Waals surface area contributed by atoms with E-state index in [0.717, 1.165) is 44.0 Å². The van der Waals surface area contributed by atoms with Crippen molar-refractivity contribution in [3.63, 3.8) is 0 Å². The molecule has 0 spiro atoms. The van der Waals surface area contributed by atoms with Crippen molar-refractivity contribution in [3.8, 4) is 11.3 Å². The van der Waals surface area contributed by atoms with Gasteiger partial charge >= 0.3 is 0 Å². The number of pyridine rings is 1. The third-order valence-corrected chi connectivity index (χ3v) is 4.75. The number of hydrogen-bond acceptors (Lipinski definition) is 5. The average molecular weight is 358 g/mol. The molecule has 1 fully saturated rings. The van der Waals surface area contributed by atoms with Crippen LogP contribution in [0.2, 0.25) is 0 Å². The number of nitrogens with zero attached hydrogens (tertiary/aromatic N) is 4. The summed E-state index contributed by atoms with van der Waals surface area (Å²) in [6, 6.07) is 4.02. The summed E-state index contributed by atoms with van der Waals surface area (Å²) in [4.78, 5) is 6.62. The van der Waals surface area contributed by atoms with E-state index in [1.807, 2.05) is 36.3 Å². The molecule has 2 aromatic heterocycles. The first-order valence-corrected chi connectivity index (χ1v) is 9.63. The maximum atomic E-state index is 5.79. The van der Waals surface area contributed by atoms with Gasteiger partial charge in [-0.05, 0) is 51.9 Å². The van der Waals surface area contributed by atoms with Crippen molar-refractivity contribution in [2.24, 2.45) is 7.05 Å². The van der Waals surface area contributed by atoms with Crippen LogP contribution in [0.25, 0.3) is 11.3 Å². The largest absolute Gasteiger partial charge is 0.373 e. The molecule has 1 aliphatic heterocycles. The molecule has 2 aromatic rings. The van der Waals surface area contributed by atoms with Crippen molar-refractivity contribution < 1.29 is 4.74 Å². The Hall–Kier alpha value is -1.76. The van der Waals surface area contributed by atoms with Crippen molar-refractivity contribution in [2.45, 2.75) is 45.4 Å². The first kappa shape index (κ1) is 19.0. The second kappa shape index (κ2) is 9.26. The Labute approximate surface area is 156 Å². The minimum Gasteiger partial charge on any atom is -0.373 e. The van der Waals surface area contributed by atoms with E-state index >= 15 is 0 Å². The molecule has 6 heteroatoms. The summed E-state index contributed by atoms with van der Waals surface area (Å²) in [5, 5.41) is 8.17. The zero-order chi connectivity index (χ0) is 18.4. The Bertz CT molecular complexity index is 662. The van der Waals surface area contributed by atoms with Crippen LogP contribution in [0.5, 0.6) is 0 Å². The van der Waals surface area contributed by atoms with Crippen LogP contribution < -0.4 is 5.32 Å². The fourth-order valence-electron chi connectivity index (χ4n) is 3.70. The Kier molecular flexibility index (Phi) is 6.77. The van der Waals surface area contributed by atoms with Crippen LogP contribution in [0.4, 0.5) is 0 Å². The van der Waals surface area contributed by atoms with Crippen LogP contribution in [0.1, 0.15) is 32.3 Å². The quantitative estimate of drug-likeness (QED) is 0.736. The van der Waals surface area contributed by atoms with Gasteiger partial charge in [0.2, 0.25) is 0 Å².